The summed E-state index contributed by atoms with van der Waals surface area (Å²) in [7, 11) is 0. The first kappa shape index (κ1) is 11.6. The fourth-order valence-corrected chi connectivity index (χ4v) is 2.90. The molecule has 1 heterocycles. The third kappa shape index (κ3) is 1.78. The molecule has 0 bridgehead atoms. The van der Waals surface area contributed by atoms with Crippen molar-refractivity contribution in [2.75, 3.05) is 17.2 Å². The number of hydrogen-bond donors (Lipinski definition) is 1. The fraction of sp³-hybridized carbons (Fsp3) is 0.533. The minimum Gasteiger partial charge on any atom is -0.399 e. The van der Waals surface area contributed by atoms with Crippen molar-refractivity contribution >= 4 is 17.3 Å². The van der Waals surface area contributed by atoms with Gasteiger partial charge in [-0.25, -0.2) is 0 Å². The maximum Gasteiger partial charge on any atom is 0.230 e. The van der Waals surface area contributed by atoms with E-state index in [4.69, 9.17) is 5.73 Å². The maximum atomic E-state index is 12.5. The Balaban J connectivity index is 1.92. The number of amides is 1. The summed E-state index contributed by atoms with van der Waals surface area (Å²) in [5.41, 5.74) is 9.07. The molecule has 1 aromatic carbocycles. The second kappa shape index (κ2) is 3.74. The molecule has 1 amide bonds. The van der Waals surface area contributed by atoms with Crippen LogP contribution in [-0.4, -0.2) is 12.5 Å². The Morgan fingerprint density at radius 1 is 1.44 bits per heavy atom. The predicted octanol–water partition coefficient (Wildman–Crippen LogP) is 2.59. The highest BCUT2D eigenvalue weighted by atomic mass is 16.2. The van der Waals surface area contributed by atoms with Crippen molar-refractivity contribution in [3.63, 3.8) is 0 Å². The van der Waals surface area contributed by atoms with Gasteiger partial charge in [0.15, 0.2) is 0 Å². The second-order valence-electron chi connectivity index (χ2n) is 6.23. The van der Waals surface area contributed by atoms with Crippen molar-refractivity contribution < 1.29 is 4.79 Å². The lowest BCUT2D eigenvalue weighted by Gasteiger charge is -2.30. The maximum absolute atomic E-state index is 12.5. The Bertz CT molecular complexity index is 507. The highest BCUT2D eigenvalue weighted by Gasteiger charge is 2.52. The Kier molecular flexibility index (Phi) is 2.40. The molecule has 1 aliphatic carbocycles. The monoisotopic (exact) mass is 244 g/mol. The largest absolute Gasteiger partial charge is 0.399 e. The van der Waals surface area contributed by atoms with Gasteiger partial charge in [0.1, 0.15) is 0 Å². The smallest absolute Gasteiger partial charge is 0.230 e. The lowest BCUT2D eigenvalue weighted by molar-refractivity contribution is -0.120. The Morgan fingerprint density at radius 3 is 2.83 bits per heavy atom. The van der Waals surface area contributed by atoms with Gasteiger partial charge >= 0.3 is 0 Å². The molecule has 1 aromatic rings. The molecule has 2 N–H and O–H groups in total. The Morgan fingerprint density at radius 2 is 2.17 bits per heavy atom. The van der Waals surface area contributed by atoms with Gasteiger partial charge in [-0.05, 0) is 42.4 Å². The molecule has 18 heavy (non-hydrogen) atoms. The normalized spacial score (nSPS) is 24.6. The lowest BCUT2D eigenvalue weighted by atomic mass is 10.00. The number of carbonyl (C=O) groups is 1. The average molecular weight is 244 g/mol. The van der Waals surface area contributed by atoms with Crippen molar-refractivity contribution in [3.8, 4) is 0 Å². The molecule has 1 aliphatic heterocycles. The number of nitrogen functional groups attached to an aromatic ring is 1. The predicted molar refractivity (Wildman–Crippen MR) is 73.4 cm³/mol. The van der Waals surface area contributed by atoms with Crippen molar-refractivity contribution in [3.05, 3.63) is 23.8 Å². The fourth-order valence-electron chi connectivity index (χ4n) is 2.90. The first-order chi connectivity index (χ1) is 8.49. The van der Waals surface area contributed by atoms with Gasteiger partial charge in [-0.1, -0.05) is 19.9 Å². The quantitative estimate of drug-likeness (QED) is 0.772. The van der Waals surface area contributed by atoms with Gasteiger partial charge < -0.3 is 10.6 Å². The Hall–Kier alpha value is -1.51. The number of fused-ring (bicyclic) bond motifs is 1. The number of hydrogen-bond acceptors (Lipinski definition) is 2. The molecule has 96 valence electrons. The van der Waals surface area contributed by atoms with Crippen LogP contribution in [-0.2, 0) is 11.2 Å². The summed E-state index contributed by atoms with van der Waals surface area (Å²) in [5.74, 6) is 0.483. The van der Waals surface area contributed by atoms with Gasteiger partial charge in [-0.3, -0.25) is 4.79 Å². The number of anilines is 2. The zero-order valence-corrected chi connectivity index (χ0v) is 11.1. The van der Waals surface area contributed by atoms with E-state index in [0.29, 0.717) is 0 Å². The van der Waals surface area contributed by atoms with E-state index in [-0.39, 0.29) is 17.2 Å². The van der Waals surface area contributed by atoms with E-state index >= 15 is 0 Å². The van der Waals surface area contributed by atoms with Crippen molar-refractivity contribution in [1.29, 1.82) is 0 Å². The van der Waals surface area contributed by atoms with Crippen molar-refractivity contribution in [2.24, 2.45) is 11.3 Å². The number of rotatable bonds is 1. The summed E-state index contributed by atoms with van der Waals surface area (Å²) in [6, 6.07) is 5.93. The van der Waals surface area contributed by atoms with Crippen LogP contribution in [0.3, 0.4) is 0 Å². The highest BCUT2D eigenvalue weighted by Crippen LogP contribution is 2.53. The van der Waals surface area contributed by atoms with Gasteiger partial charge in [-0.15, -0.1) is 0 Å². The zero-order valence-electron chi connectivity index (χ0n) is 11.1. The standard InChI is InChI=1S/C15H20N2O/c1-15(2)9-12(15)14(18)17-7-3-4-10-5-6-11(16)8-13(10)17/h5-6,8,12H,3-4,7,9,16H2,1-2H3. The third-order valence-corrected chi connectivity index (χ3v) is 4.31. The molecule has 1 unspecified atom stereocenters. The number of benzene rings is 1. The highest BCUT2D eigenvalue weighted by molar-refractivity contribution is 5.98. The zero-order chi connectivity index (χ0) is 12.9. The van der Waals surface area contributed by atoms with Crippen LogP contribution in [0.15, 0.2) is 18.2 Å². The summed E-state index contributed by atoms with van der Waals surface area (Å²) in [6.07, 6.45) is 3.11. The van der Waals surface area contributed by atoms with Crippen LogP contribution in [0.2, 0.25) is 0 Å². The summed E-state index contributed by atoms with van der Waals surface area (Å²) < 4.78 is 0. The van der Waals surface area contributed by atoms with Crippen molar-refractivity contribution in [2.45, 2.75) is 33.1 Å². The molecular formula is C15H20N2O. The summed E-state index contributed by atoms with van der Waals surface area (Å²) in [4.78, 5) is 14.5. The molecular weight excluding hydrogens is 224 g/mol. The number of nitrogens with two attached hydrogens (primary N) is 1. The minimum atomic E-state index is 0.190. The second-order valence-corrected chi connectivity index (χ2v) is 6.23. The average Bonchev–Trinajstić information content (AvgIpc) is 2.97. The summed E-state index contributed by atoms with van der Waals surface area (Å²) in [6.45, 7) is 5.17. The van der Waals surface area contributed by atoms with E-state index < -0.39 is 0 Å². The first-order valence-electron chi connectivity index (χ1n) is 6.69. The molecule has 0 radical (unpaired) electrons. The third-order valence-electron chi connectivity index (χ3n) is 4.31. The SMILES string of the molecule is CC1(C)CC1C(=O)N1CCCc2ccc(N)cc21. The van der Waals surface area contributed by atoms with Crippen molar-refractivity contribution in [1.82, 2.24) is 0 Å². The number of carbonyl (C=O) groups excluding carboxylic acids is 1. The van der Waals surface area contributed by atoms with Crippen LogP contribution in [0.5, 0.6) is 0 Å². The van der Waals surface area contributed by atoms with E-state index in [2.05, 4.69) is 19.9 Å². The summed E-state index contributed by atoms with van der Waals surface area (Å²) >= 11 is 0. The molecule has 1 saturated carbocycles. The number of nitrogens with zero attached hydrogens (tertiary/aromatic N) is 1. The lowest BCUT2D eigenvalue weighted by Crippen LogP contribution is -2.37. The summed E-state index contributed by atoms with van der Waals surface area (Å²) in [5, 5.41) is 0. The van der Waals surface area contributed by atoms with Gasteiger partial charge in [0.05, 0.1) is 0 Å². The van der Waals surface area contributed by atoms with E-state index in [1.165, 1.54) is 5.56 Å². The topological polar surface area (TPSA) is 46.3 Å². The molecule has 1 atom stereocenters. The molecule has 0 saturated heterocycles. The molecule has 2 aliphatic rings. The van der Waals surface area contributed by atoms with Crippen LogP contribution in [0.4, 0.5) is 11.4 Å². The van der Waals surface area contributed by atoms with Crippen LogP contribution in [0, 0.1) is 11.3 Å². The Labute approximate surface area is 108 Å². The minimum absolute atomic E-state index is 0.190. The van der Waals surface area contributed by atoms with Crippen LogP contribution < -0.4 is 10.6 Å². The van der Waals surface area contributed by atoms with E-state index in [1.807, 2.05) is 17.0 Å². The molecule has 3 heteroatoms. The van der Waals surface area contributed by atoms with Gasteiger partial charge in [0.2, 0.25) is 5.91 Å². The van der Waals surface area contributed by atoms with E-state index in [9.17, 15) is 4.79 Å². The molecule has 0 aromatic heterocycles. The van der Waals surface area contributed by atoms with E-state index in [1.54, 1.807) is 0 Å². The first-order valence-corrected chi connectivity index (χ1v) is 6.69. The van der Waals surface area contributed by atoms with Gasteiger partial charge in [-0.2, -0.15) is 0 Å². The van der Waals surface area contributed by atoms with Crippen LogP contribution in [0.25, 0.3) is 0 Å². The van der Waals surface area contributed by atoms with Gasteiger partial charge in [0.25, 0.3) is 0 Å². The number of aryl methyl sites for hydroxylation is 1. The van der Waals surface area contributed by atoms with Gasteiger partial charge in [0, 0.05) is 23.8 Å². The molecule has 1 fully saturated rings. The van der Waals surface area contributed by atoms with E-state index in [0.717, 1.165) is 37.2 Å². The van der Waals surface area contributed by atoms with Crippen LogP contribution >= 0.6 is 0 Å². The molecule has 3 rings (SSSR count). The van der Waals surface area contributed by atoms with Crippen LogP contribution in [0.1, 0.15) is 32.3 Å². The molecule has 0 spiro atoms. The molecule has 3 nitrogen and oxygen atoms in total.